The Hall–Kier alpha value is -0.130. The first-order chi connectivity index (χ1) is 6.97. The van der Waals surface area contributed by atoms with Gasteiger partial charge in [0.1, 0.15) is 0 Å². The molecule has 15 heavy (non-hydrogen) atoms. The summed E-state index contributed by atoms with van der Waals surface area (Å²) in [5.41, 5.74) is 0. The Bertz CT molecular complexity index is 286. The predicted molar refractivity (Wildman–Crippen MR) is 62.3 cm³/mol. The van der Waals surface area contributed by atoms with Crippen molar-refractivity contribution >= 4 is 10.0 Å². The van der Waals surface area contributed by atoms with Crippen LogP contribution in [0.1, 0.15) is 33.1 Å². The molecular weight excluding hydrogens is 212 g/mol. The van der Waals surface area contributed by atoms with E-state index >= 15 is 0 Å². The molecule has 1 fully saturated rings. The molecule has 0 aromatic heterocycles. The minimum absolute atomic E-state index is 0.0934. The van der Waals surface area contributed by atoms with Crippen molar-refractivity contribution in [2.45, 2.75) is 45.2 Å². The fourth-order valence-corrected chi connectivity index (χ4v) is 2.72. The van der Waals surface area contributed by atoms with Gasteiger partial charge in [0.15, 0.2) is 0 Å². The van der Waals surface area contributed by atoms with Gasteiger partial charge in [0, 0.05) is 25.7 Å². The summed E-state index contributed by atoms with van der Waals surface area (Å²) in [6.45, 7) is 4.51. The lowest BCUT2D eigenvalue weighted by Gasteiger charge is -2.23. The summed E-state index contributed by atoms with van der Waals surface area (Å²) in [5.74, 6) is 0.213. The molecule has 1 atom stereocenters. The highest BCUT2D eigenvalue weighted by Crippen LogP contribution is 2.18. The van der Waals surface area contributed by atoms with E-state index in [1.54, 1.807) is 7.05 Å². The summed E-state index contributed by atoms with van der Waals surface area (Å²) in [6.07, 6.45) is 3.24. The van der Waals surface area contributed by atoms with Crippen LogP contribution >= 0.6 is 0 Å². The second kappa shape index (κ2) is 5.27. The first-order valence-corrected chi connectivity index (χ1v) is 7.27. The normalized spacial score (nSPS) is 19.5. The number of hydrogen-bond acceptors (Lipinski definition) is 3. The highest BCUT2D eigenvalue weighted by atomic mass is 32.2. The van der Waals surface area contributed by atoms with Gasteiger partial charge in [-0.15, -0.1) is 0 Å². The van der Waals surface area contributed by atoms with E-state index in [1.807, 2.05) is 13.8 Å². The standard InChI is InChI=1S/C10H22N2O2S/c1-4-9(2)12(3)15(13,14)8-7-11-10-5-6-10/h9-11H,4-8H2,1-3H3. The van der Waals surface area contributed by atoms with Crippen molar-refractivity contribution in [2.24, 2.45) is 0 Å². The maximum absolute atomic E-state index is 11.8. The van der Waals surface area contributed by atoms with Crippen LogP contribution in [0.2, 0.25) is 0 Å². The van der Waals surface area contributed by atoms with E-state index in [4.69, 9.17) is 0 Å². The van der Waals surface area contributed by atoms with Crippen LogP contribution < -0.4 is 5.32 Å². The zero-order valence-electron chi connectivity index (χ0n) is 9.86. The van der Waals surface area contributed by atoms with Crippen molar-refractivity contribution in [2.75, 3.05) is 19.3 Å². The van der Waals surface area contributed by atoms with Crippen LogP contribution in [0.15, 0.2) is 0 Å². The van der Waals surface area contributed by atoms with E-state index in [-0.39, 0.29) is 11.8 Å². The van der Waals surface area contributed by atoms with Gasteiger partial charge < -0.3 is 5.32 Å². The van der Waals surface area contributed by atoms with E-state index in [2.05, 4.69) is 5.32 Å². The molecule has 0 aliphatic heterocycles. The smallest absolute Gasteiger partial charge is 0.215 e. The summed E-state index contributed by atoms with van der Waals surface area (Å²) < 4.78 is 25.1. The lowest BCUT2D eigenvalue weighted by molar-refractivity contribution is 0.380. The highest BCUT2D eigenvalue weighted by Gasteiger charge is 2.24. The molecule has 0 aromatic rings. The Morgan fingerprint density at radius 2 is 2.07 bits per heavy atom. The predicted octanol–water partition coefficient (Wildman–Crippen LogP) is 0.798. The van der Waals surface area contributed by atoms with Crippen LogP contribution in [0.5, 0.6) is 0 Å². The average molecular weight is 234 g/mol. The van der Waals surface area contributed by atoms with Crippen LogP contribution in [-0.2, 0) is 10.0 Å². The van der Waals surface area contributed by atoms with Crippen molar-refractivity contribution in [3.8, 4) is 0 Å². The van der Waals surface area contributed by atoms with Crippen molar-refractivity contribution in [3.05, 3.63) is 0 Å². The second-order valence-electron chi connectivity index (χ2n) is 4.32. The molecule has 0 bridgehead atoms. The summed E-state index contributed by atoms with van der Waals surface area (Å²) in [4.78, 5) is 0. The van der Waals surface area contributed by atoms with Crippen LogP contribution in [0.4, 0.5) is 0 Å². The minimum atomic E-state index is -3.07. The van der Waals surface area contributed by atoms with Crippen LogP contribution in [0.25, 0.3) is 0 Å². The first kappa shape index (κ1) is 12.9. The van der Waals surface area contributed by atoms with Gasteiger partial charge in [0.2, 0.25) is 10.0 Å². The van der Waals surface area contributed by atoms with Gasteiger partial charge in [-0.2, -0.15) is 0 Å². The summed E-state index contributed by atoms with van der Waals surface area (Å²) in [6, 6.07) is 0.671. The number of sulfonamides is 1. The number of nitrogens with one attached hydrogen (secondary N) is 1. The summed E-state index contributed by atoms with van der Waals surface area (Å²) in [5, 5.41) is 3.22. The number of rotatable bonds is 7. The van der Waals surface area contributed by atoms with Gasteiger partial charge in [0.05, 0.1) is 5.75 Å². The summed E-state index contributed by atoms with van der Waals surface area (Å²) in [7, 11) is -1.40. The highest BCUT2D eigenvalue weighted by molar-refractivity contribution is 7.89. The Morgan fingerprint density at radius 3 is 2.53 bits per heavy atom. The second-order valence-corrected chi connectivity index (χ2v) is 6.47. The molecule has 1 rings (SSSR count). The molecule has 1 N–H and O–H groups in total. The van der Waals surface area contributed by atoms with Crippen molar-refractivity contribution in [1.82, 2.24) is 9.62 Å². The maximum Gasteiger partial charge on any atom is 0.215 e. The van der Waals surface area contributed by atoms with Crippen LogP contribution in [0.3, 0.4) is 0 Å². The van der Waals surface area contributed by atoms with E-state index in [0.717, 1.165) is 6.42 Å². The molecule has 90 valence electrons. The number of hydrogen-bond donors (Lipinski definition) is 1. The molecule has 0 heterocycles. The van der Waals surface area contributed by atoms with Crippen LogP contribution in [0, 0.1) is 0 Å². The van der Waals surface area contributed by atoms with Crippen molar-refractivity contribution < 1.29 is 8.42 Å². The molecule has 1 aliphatic rings. The Labute approximate surface area is 93.1 Å². The van der Waals surface area contributed by atoms with Crippen molar-refractivity contribution in [3.63, 3.8) is 0 Å². The van der Waals surface area contributed by atoms with Gasteiger partial charge in [-0.3, -0.25) is 0 Å². The van der Waals surface area contributed by atoms with Crippen LogP contribution in [-0.4, -0.2) is 44.2 Å². The monoisotopic (exact) mass is 234 g/mol. The molecule has 4 nitrogen and oxygen atoms in total. The lowest BCUT2D eigenvalue weighted by atomic mass is 10.3. The zero-order chi connectivity index (χ0) is 11.5. The Balaban J connectivity index is 2.34. The fourth-order valence-electron chi connectivity index (χ4n) is 1.35. The molecule has 0 aromatic carbocycles. The van der Waals surface area contributed by atoms with Gasteiger partial charge in [-0.1, -0.05) is 6.92 Å². The Morgan fingerprint density at radius 1 is 1.47 bits per heavy atom. The zero-order valence-corrected chi connectivity index (χ0v) is 10.7. The third kappa shape index (κ3) is 4.09. The van der Waals surface area contributed by atoms with Gasteiger partial charge in [-0.25, -0.2) is 12.7 Å². The first-order valence-electron chi connectivity index (χ1n) is 5.66. The third-order valence-electron chi connectivity index (χ3n) is 3.02. The fraction of sp³-hybridized carbons (Fsp3) is 1.00. The molecule has 0 amide bonds. The largest absolute Gasteiger partial charge is 0.313 e. The SMILES string of the molecule is CCC(C)N(C)S(=O)(=O)CCNC1CC1. The lowest BCUT2D eigenvalue weighted by Crippen LogP contribution is -2.39. The van der Waals surface area contributed by atoms with E-state index in [0.29, 0.717) is 12.6 Å². The van der Waals surface area contributed by atoms with Gasteiger partial charge >= 0.3 is 0 Å². The van der Waals surface area contributed by atoms with Gasteiger partial charge in [-0.05, 0) is 26.2 Å². The van der Waals surface area contributed by atoms with Crippen molar-refractivity contribution in [1.29, 1.82) is 0 Å². The third-order valence-corrected chi connectivity index (χ3v) is 4.98. The molecule has 1 unspecified atom stereocenters. The molecule has 1 aliphatic carbocycles. The van der Waals surface area contributed by atoms with E-state index < -0.39 is 10.0 Å². The quantitative estimate of drug-likeness (QED) is 0.709. The summed E-state index contributed by atoms with van der Waals surface area (Å²) >= 11 is 0. The molecule has 0 saturated heterocycles. The molecule has 1 saturated carbocycles. The topological polar surface area (TPSA) is 49.4 Å². The van der Waals surface area contributed by atoms with E-state index in [9.17, 15) is 8.42 Å². The molecular formula is C10H22N2O2S. The molecule has 5 heteroatoms. The van der Waals surface area contributed by atoms with E-state index in [1.165, 1.54) is 17.1 Å². The minimum Gasteiger partial charge on any atom is -0.313 e. The maximum atomic E-state index is 11.8. The molecule has 0 radical (unpaired) electrons. The average Bonchev–Trinajstić information content (AvgIpc) is 2.99. The van der Waals surface area contributed by atoms with Gasteiger partial charge in [0.25, 0.3) is 0 Å². The Kier molecular flexibility index (Phi) is 4.55. The number of nitrogens with zero attached hydrogens (tertiary/aromatic N) is 1. The molecule has 0 spiro atoms.